The minimum Gasteiger partial charge on any atom is -0.481 e. The molecule has 3 rings (SSSR count). The molecule has 0 heterocycles. The first-order chi connectivity index (χ1) is 15.5. The van der Waals surface area contributed by atoms with E-state index in [4.69, 9.17) is 5.11 Å². The van der Waals surface area contributed by atoms with Gasteiger partial charge >= 0.3 is 11.9 Å². The van der Waals surface area contributed by atoms with E-state index in [2.05, 4.69) is 40.3 Å². The average Bonchev–Trinajstić information content (AvgIpc) is 3.07. The van der Waals surface area contributed by atoms with Gasteiger partial charge in [0.05, 0.1) is 0 Å². The Morgan fingerprint density at radius 1 is 1.24 bits per heavy atom. The molecule has 2 fully saturated rings. The second-order valence-corrected chi connectivity index (χ2v) is 11.6. The predicted octanol–water partition coefficient (Wildman–Crippen LogP) is 7.27. The summed E-state index contributed by atoms with van der Waals surface area (Å²) in [5.41, 5.74) is 3.48. The first kappa shape index (κ1) is 25.8. The lowest BCUT2D eigenvalue weighted by molar-refractivity contribution is -0.138. The summed E-state index contributed by atoms with van der Waals surface area (Å²) in [5, 5.41) is 18.5. The van der Waals surface area contributed by atoms with Crippen molar-refractivity contribution in [2.75, 3.05) is 0 Å². The highest BCUT2D eigenvalue weighted by molar-refractivity contribution is 5.85. The Bertz CT molecular complexity index is 852. The lowest BCUT2D eigenvalue weighted by atomic mass is 9.52. The first-order valence-corrected chi connectivity index (χ1v) is 13.0. The molecular weight excluding hydrogens is 412 g/mol. The number of hydrogen-bond acceptors (Lipinski definition) is 2. The number of allylic oxidation sites excluding steroid dienone is 4. The summed E-state index contributed by atoms with van der Waals surface area (Å²) in [7, 11) is 0. The lowest BCUT2D eigenvalue weighted by Crippen LogP contribution is -2.43. The van der Waals surface area contributed by atoms with Crippen LogP contribution in [-0.4, -0.2) is 22.2 Å². The Kier molecular flexibility index (Phi) is 7.65. The van der Waals surface area contributed by atoms with Crippen molar-refractivity contribution in [1.29, 1.82) is 0 Å². The molecule has 3 aliphatic carbocycles. The Morgan fingerprint density at radius 3 is 2.55 bits per heavy atom. The largest absolute Gasteiger partial charge is 0.481 e. The van der Waals surface area contributed by atoms with Crippen molar-refractivity contribution in [3.63, 3.8) is 0 Å². The van der Waals surface area contributed by atoms with Crippen LogP contribution in [0.5, 0.6) is 0 Å². The molecule has 0 aromatic heterocycles. The maximum absolute atomic E-state index is 11.5. The van der Waals surface area contributed by atoms with Crippen LogP contribution >= 0.6 is 0 Å². The molecule has 0 amide bonds. The Morgan fingerprint density at radius 2 is 1.94 bits per heavy atom. The van der Waals surface area contributed by atoms with E-state index < -0.39 is 11.9 Å². The third kappa shape index (κ3) is 4.72. The van der Waals surface area contributed by atoms with Crippen LogP contribution in [-0.2, 0) is 9.59 Å². The highest BCUT2D eigenvalue weighted by Gasteiger charge is 2.57. The minimum atomic E-state index is -0.836. The smallest absolute Gasteiger partial charge is 0.330 e. The molecule has 184 valence electrons. The van der Waals surface area contributed by atoms with Crippen LogP contribution in [0.2, 0.25) is 0 Å². The standard InChI is InChI=1S/C29H44O4/c1-7-21-11-12-23-25(28(21,5)16-14-26(30)31)17-24-20(4)22(13-15-29(23,24)6)18(2)9-8-10-19(3)27(32)33/h10,17-18,21-24H,4,7-9,11-16H2,1-3,5-6H3,(H,30,31)(H,32,33)/b19-10-/t18-,21-,22-,23-,24+,28+,29+/m1/s1. The van der Waals surface area contributed by atoms with Crippen LogP contribution in [0, 0.1) is 40.4 Å². The predicted molar refractivity (Wildman–Crippen MR) is 133 cm³/mol. The van der Waals surface area contributed by atoms with E-state index >= 15 is 0 Å². The quantitative estimate of drug-likeness (QED) is 0.282. The molecule has 4 heteroatoms. The van der Waals surface area contributed by atoms with Crippen molar-refractivity contribution in [3.05, 3.63) is 35.5 Å². The van der Waals surface area contributed by atoms with Crippen molar-refractivity contribution in [1.82, 2.24) is 0 Å². The zero-order valence-electron chi connectivity index (χ0n) is 21.3. The van der Waals surface area contributed by atoms with Gasteiger partial charge in [0.1, 0.15) is 0 Å². The first-order valence-electron chi connectivity index (χ1n) is 13.0. The number of carboxylic acid groups (broad SMARTS) is 2. The van der Waals surface area contributed by atoms with E-state index in [1.807, 2.05) is 6.08 Å². The zero-order valence-corrected chi connectivity index (χ0v) is 21.3. The van der Waals surface area contributed by atoms with Crippen molar-refractivity contribution in [2.45, 2.75) is 92.4 Å². The molecular formula is C29H44O4. The molecule has 0 radical (unpaired) electrons. The van der Waals surface area contributed by atoms with Gasteiger partial charge in [0.15, 0.2) is 0 Å². The highest BCUT2D eigenvalue weighted by atomic mass is 16.4. The molecule has 7 atom stereocenters. The summed E-state index contributed by atoms with van der Waals surface area (Å²) >= 11 is 0. The Labute approximate surface area is 200 Å². The van der Waals surface area contributed by atoms with E-state index in [0.29, 0.717) is 35.2 Å². The maximum atomic E-state index is 11.5. The van der Waals surface area contributed by atoms with Crippen LogP contribution < -0.4 is 0 Å². The van der Waals surface area contributed by atoms with Crippen molar-refractivity contribution < 1.29 is 19.8 Å². The third-order valence-corrected chi connectivity index (χ3v) is 9.91. The Hall–Kier alpha value is -1.84. The van der Waals surface area contributed by atoms with E-state index in [0.717, 1.165) is 32.1 Å². The summed E-state index contributed by atoms with van der Waals surface area (Å²) in [6.45, 7) is 15.7. The number of hydrogen-bond donors (Lipinski definition) is 2. The topological polar surface area (TPSA) is 74.6 Å². The molecule has 0 spiro atoms. The van der Waals surface area contributed by atoms with Gasteiger partial charge in [-0.2, -0.15) is 0 Å². The summed E-state index contributed by atoms with van der Waals surface area (Å²) in [5.74, 6) is 0.870. The number of carboxylic acids is 2. The molecule has 0 aromatic rings. The average molecular weight is 457 g/mol. The number of carbonyl (C=O) groups is 2. The Balaban J connectivity index is 1.82. The van der Waals surface area contributed by atoms with Crippen LogP contribution in [0.25, 0.3) is 0 Å². The van der Waals surface area contributed by atoms with Gasteiger partial charge in [-0.05, 0) is 86.4 Å². The highest BCUT2D eigenvalue weighted by Crippen LogP contribution is 2.66. The fraction of sp³-hybridized carbons (Fsp3) is 0.724. The van der Waals surface area contributed by atoms with Gasteiger partial charge in [0.2, 0.25) is 0 Å². The van der Waals surface area contributed by atoms with Crippen LogP contribution in [0.1, 0.15) is 92.4 Å². The molecule has 4 nitrogen and oxygen atoms in total. The van der Waals surface area contributed by atoms with Crippen LogP contribution in [0.4, 0.5) is 0 Å². The van der Waals surface area contributed by atoms with E-state index in [9.17, 15) is 14.7 Å². The van der Waals surface area contributed by atoms with Gasteiger partial charge in [-0.25, -0.2) is 4.79 Å². The SMILES string of the molecule is C=C1[C@@H]([C@H](C)CC/C=C(/C)C(=O)O)CC[C@@]2(C)[C@@H]3CC[C@@H](CC)[C@](C)(CCC(=O)O)C3=C[C@@H]12. The van der Waals surface area contributed by atoms with Crippen LogP contribution in [0.15, 0.2) is 35.5 Å². The van der Waals surface area contributed by atoms with Gasteiger partial charge in [-0.3, -0.25) is 4.79 Å². The van der Waals surface area contributed by atoms with Gasteiger partial charge in [-0.1, -0.05) is 64.0 Å². The second kappa shape index (κ2) is 9.80. The number of aliphatic carboxylic acids is 2. The fourth-order valence-corrected chi connectivity index (χ4v) is 7.67. The zero-order chi connectivity index (χ0) is 24.6. The number of rotatable bonds is 9. The minimum absolute atomic E-state index is 0.0308. The molecule has 0 aliphatic heterocycles. The van der Waals surface area contributed by atoms with Crippen molar-refractivity contribution in [3.8, 4) is 0 Å². The van der Waals surface area contributed by atoms with E-state index in [1.165, 1.54) is 30.4 Å². The summed E-state index contributed by atoms with van der Waals surface area (Å²) < 4.78 is 0. The summed E-state index contributed by atoms with van der Waals surface area (Å²) in [4.78, 5) is 22.5. The molecule has 0 saturated heterocycles. The normalized spacial score (nSPS) is 37.2. The third-order valence-electron chi connectivity index (χ3n) is 9.91. The molecule has 2 saturated carbocycles. The van der Waals surface area contributed by atoms with Crippen LogP contribution in [0.3, 0.4) is 0 Å². The van der Waals surface area contributed by atoms with Crippen molar-refractivity contribution in [2.24, 2.45) is 40.4 Å². The molecule has 3 aliphatic rings. The van der Waals surface area contributed by atoms with Gasteiger partial charge in [0.25, 0.3) is 0 Å². The molecule has 2 N–H and O–H groups in total. The maximum Gasteiger partial charge on any atom is 0.330 e. The summed E-state index contributed by atoms with van der Waals surface area (Å²) in [6.07, 6.45) is 13.0. The van der Waals surface area contributed by atoms with E-state index in [1.54, 1.807) is 6.92 Å². The van der Waals surface area contributed by atoms with Crippen molar-refractivity contribution >= 4 is 11.9 Å². The second-order valence-electron chi connectivity index (χ2n) is 11.6. The number of fused-ring (bicyclic) bond motifs is 3. The fourth-order valence-electron chi connectivity index (χ4n) is 7.67. The van der Waals surface area contributed by atoms with Gasteiger partial charge < -0.3 is 10.2 Å². The van der Waals surface area contributed by atoms with Gasteiger partial charge in [-0.15, -0.1) is 0 Å². The van der Waals surface area contributed by atoms with Gasteiger partial charge in [0, 0.05) is 17.9 Å². The molecule has 0 aromatic carbocycles. The monoisotopic (exact) mass is 456 g/mol. The lowest BCUT2D eigenvalue weighted by Gasteiger charge is -2.52. The molecule has 0 unspecified atom stereocenters. The molecule has 33 heavy (non-hydrogen) atoms. The summed E-state index contributed by atoms with van der Waals surface area (Å²) in [6, 6.07) is 0. The van der Waals surface area contributed by atoms with E-state index in [-0.39, 0.29) is 17.3 Å². The molecule has 0 bridgehead atoms.